The predicted molar refractivity (Wildman–Crippen MR) is 171 cm³/mol. The third-order valence-electron chi connectivity index (χ3n) is 9.51. The lowest BCUT2D eigenvalue weighted by molar-refractivity contribution is -0.140. The highest BCUT2D eigenvalue weighted by atomic mass is 35.5. The van der Waals surface area contributed by atoms with Crippen LogP contribution >= 0.6 is 12.4 Å². The zero-order valence-electron chi connectivity index (χ0n) is 25.2. The van der Waals surface area contributed by atoms with E-state index in [0.717, 1.165) is 48.3 Å². The summed E-state index contributed by atoms with van der Waals surface area (Å²) in [5, 5.41) is 13.6. The van der Waals surface area contributed by atoms with Crippen molar-refractivity contribution in [2.75, 3.05) is 23.7 Å². The molecule has 5 amide bonds. The van der Waals surface area contributed by atoms with Gasteiger partial charge in [-0.15, -0.1) is 12.4 Å². The molecule has 1 aliphatic carbocycles. The molecule has 3 aromatic rings. The summed E-state index contributed by atoms with van der Waals surface area (Å²) in [6, 6.07) is 14.1. The molecule has 0 radical (unpaired) electrons. The Morgan fingerprint density at radius 2 is 1.72 bits per heavy atom. The van der Waals surface area contributed by atoms with E-state index in [0.29, 0.717) is 25.3 Å². The second kappa shape index (κ2) is 12.6. The summed E-state index contributed by atoms with van der Waals surface area (Å²) in [5.41, 5.74) is 2.32. The molecule has 4 heterocycles. The SMILES string of the molecule is Cl.O=C1CCC(N2C(=O)c3cccc(NCc4cnn(C5CCN(C(=O)C6(Nc7ccccc7)CCC6)CC5)c4)c3C2=O)C(=O)N1. The summed E-state index contributed by atoms with van der Waals surface area (Å²) in [6.07, 6.45) is 8.28. The Kier molecular flexibility index (Phi) is 8.56. The van der Waals surface area contributed by atoms with Crippen molar-refractivity contribution in [1.82, 2.24) is 24.9 Å². The largest absolute Gasteiger partial charge is 0.380 e. The Morgan fingerprint density at radius 3 is 2.41 bits per heavy atom. The van der Waals surface area contributed by atoms with E-state index in [1.165, 1.54) is 0 Å². The van der Waals surface area contributed by atoms with E-state index in [1.807, 2.05) is 46.1 Å². The van der Waals surface area contributed by atoms with Crippen LogP contribution in [-0.2, 0) is 20.9 Å². The summed E-state index contributed by atoms with van der Waals surface area (Å²) in [7, 11) is 0. The first kappa shape index (κ1) is 31.3. The number of hydrogen-bond acceptors (Lipinski definition) is 8. The van der Waals surface area contributed by atoms with E-state index in [4.69, 9.17) is 0 Å². The minimum absolute atomic E-state index is 0. The number of para-hydroxylation sites is 1. The van der Waals surface area contributed by atoms with Gasteiger partial charge in [-0.1, -0.05) is 24.3 Å². The minimum atomic E-state index is -1.01. The first-order chi connectivity index (χ1) is 21.8. The van der Waals surface area contributed by atoms with Crippen molar-refractivity contribution in [2.45, 2.75) is 69.1 Å². The Balaban J connectivity index is 0.00000372. The van der Waals surface area contributed by atoms with E-state index in [-0.39, 0.29) is 48.3 Å². The van der Waals surface area contributed by atoms with Gasteiger partial charge in [0.1, 0.15) is 11.6 Å². The summed E-state index contributed by atoms with van der Waals surface area (Å²) < 4.78 is 1.95. The van der Waals surface area contributed by atoms with Crippen molar-refractivity contribution < 1.29 is 24.0 Å². The number of carbonyl (C=O) groups is 5. The quantitative estimate of drug-likeness (QED) is 0.316. The second-order valence-electron chi connectivity index (χ2n) is 12.3. The van der Waals surface area contributed by atoms with Crippen LogP contribution in [0.4, 0.5) is 11.4 Å². The number of imide groups is 2. The fraction of sp³-hybridized carbons (Fsp3) is 0.394. The highest BCUT2D eigenvalue weighted by Gasteiger charge is 2.47. The molecular formula is C33H36ClN7O5. The molecule has 0 bridgehead atoms. The molecule has 1 saturated carbocycles. The first-order valence-corrected chi connectivity index (χ1v) is 15.6. The molecule has 1 atom stereocenters. The van der Waals surface area contributed by atoms with Crippen LogP contribution in [0.15, 0.2) is 60.9 Å². The van der Waals surface area contributed by atoms with Gasteiger partial charge >= 0.3 is 0 Å². The van der Waals surface area contributed by atoms with Crippen LogP contribution in [0, 0.1) is 0 Å². The number of nitrogens with one attached hydrogen (secondary N) is 3. The van der Waals surface area contributed by atoms with Gasteiger partial charge in [0, 0.05) is 49.2 Å². The van der Waals surface area contributed by atoms with Gasteiger partial charge in [0.25, 0.3) is 11.8 Å². The van der Waals surface area contributed by atoms with E-state index in [1.54, 1.807) is 24.4 Å². The first-order valence-electron chi connectivity index (χ1n) is 15.6. The number of aromatic nitrogens is 2. The number of likely N-dealkylation sites (tertiary alicyclic amines) is 1. The molecule has 2 aromatic carbocycles. The molecule has 2 saturated heterocycles. The molecule has 7 rings (SSSR count). The monoisotopic (exact) mass is 645 g/mol. The van der Waals surface area contributed by atoms with Crippen LogP contribution in [0.25, 0.3) is 0 Å². The van der Waals surface area contributed by atoms with Gasteiger partial charge in [0.05, 0.1) is 23.4 Å². The molecule has 240 valence electrons. The van der Waals surface area contributed by atoms with Gasteiger partial charge in [-0.25, -0.2) is 0 Å². The maximum Gasteiger partial charge on any atom is 0.264 e. The molecule has 3 fully saturated rings. The second-order valence-corrected chi connectivity index (χ2v) is 12.3. The number of hydrogen-bond donors (Lipinski definition) is 3. The lowest BCUT2D eigenvalue weighted by Crippen LogP contribution is -2.59. The zero-order valence-corrected chi connectivity index (χ0v) is 26.1. The van der Waals surface area contributed by atoms with Crippen LogP contribution in [0.2, 0.25) is 0 Å². The molecule has 3 aliphatic heterocycles. The highest BCUT2D eigenvalue weighted by molar-refractivity contribution is 6.25. The third kappa shape index (κ3) is 5.61. The Hall–Kier alpha value is -4.71. The normalized spacial score (nSPS) is 20.8. The van der Waals surface area contributed by atoms with Crippen LogP contribution in [0.1, 0.15) is 77.3 Å². The number of anilines is 2. The van der Waals surface area contributed by atoms with Crippen molar-refractivity contribution in [2.24, 2.45) is 0 Å². The predicted octanol–water partition coefficient (Wildman–Crippen LogP) is 3.52. The lowest BCUT2D eigenvalue weighted by atomic mass is 9.75. The summed E-state index contributed by atoms with van der Waals surface area (Å²) in [4.78, 5) is 67.1. The van der Waals surface area contributed by atoms with Crippen LogP contribution < -0.4 is 16.0 Å². The topological polar surface area (TPSA) is 146 Å². The van der Waals surface area contributed by atoms with Crippen molar-refractivity contribution in [1.29, 1.82) is 0 Å². The average Bonchev–Trinajstić information content (AvgIpc) is 3.61. The lowest BCUT2D eigenvalue weighted by Gasteiger charge is -2.46. The van der Waals surface area contributed by atoms with E-state index >= 15 is 0 Å². The third-order valence-corrected chi connectivity index (χ3v) is 9.51. The molecule has 12 nitrogen and oxygen atoms in total. The number of rotatable bonds is 8. The summed E-state index contributed by atoms with van der Waals surface area (Å²) >= 11 is 0. The number of benzene rings is 2. The summed E-state index contributed by atoms with van der Waals surface area (Å²) in [5.74, 6) is -1.95. The number of piperidine rings is 2. The van der Waals surface area contributed by atoms with Crippen molar-refractivity contribution in [3.05, 3.63) is 77.6 Å². The van der Waals surface area contributed by atoms with Crippen molar-refractivity contribution in [3.63, 3.8) is 0 Å². The fourth-order valence-corrected chi connectivity index (χ4v) is 6.88. The Morgan fingerprint density at radius 1 is 0.957 bits per heavy atom. The van der Waals surface area contributed by atoms with E-state index in [2.05, 4.69) is 21.0 Å². The van der Waals surface area contributed by atoms with Gasteiger partial charge in [-0.05, 0) is 62.8 Å². The fourth-order valence-electron chi connectivity index (χ4n) is 6.88. The maximum atomic E-state index is 13.6. The van der Waals surface area contributed by atoms with Crippen LogP contribution in [0.5, 0.6) is 0 Å². The number of amides is 5. The van der Waals surface area contributed by atoms with Gasteiger partial charge in [-0.3, -0.25) is 38.9 Å². The molecule has 13 heteroatoms. The number of halogens is 1. The minimum Gasteiger partial charge on any atom is -0.380 e. The van der Waals surface area contributed by atoms with Gasteiger partial charge in [0.2, 0.25) is 17.7 Å². The Labute approximate surface area is 272 Å². The number of carbonyl (C=O) groups excluding carboxylic acids is 5. The van der Waals surface area contributed by atoms with Crippen LogP contribution in [0.3, 0.4) is 0 Å². The van der Waals surface area contributed by atoms with Crippen LogP contribution in [-0.4, -0.2) is 73.8 Å². The van der Waals surface area contributed by atoms with Crippen molar-refractivity contribution >= 4 is 53.3 Å². The molecule has 3 N–H and O–H groups in total. The molecular weight excluding hydrogens is 610 g/mol. The number of nitrogens with zero attached hydrogens (tertiary/aromatic N) is 4. The Bertz CT molecular complexity index is 1680. The average molecular weight is 646 g/mol. The summed E-state index contributed by atoms with van der Waals surface area (Å²) in [6.45, 7) is 1.72. The smallest absolute Gasteiger partial charge is 0.264 e. The van der Waals surface area contributed by atoms with Crippen molar-refractivity contribution in [3.8, 4) is 0 Å². The maximum absolute atomic E-state index is 13.6. The zero-order chi connectivity index (χ0) is 31.1. The molecule has 0 spiro atoms. The van der Waals surface area contributed by atoms with E-state index in [9.17, 15) is 24.0 Å². The van der Waals surface area contributed by atoms with Gasteiger partial charge in [0.15, 0.2) is 0 Å². The standard InChI is InChI=1S/C33H35N7O5.ClH/c41-27-11-10-26(29(42)36-27)40-30(43)24-8-4-9-25(28(24)31(40)44)34-18-21-19-35-39(20-21)23-12-16-38(17-13-23)32(45)33(14-5-15-33)37-22-6-2-1-3-7-22;/h1-4,6-9,19-20,23,26,34,37H,5,10-18H2,(H,36,41,42);1H. The van der Waals surface area contributed by atoms with Gasteiger partial charge in [-0.2, -0.15) is 5.10 Å². The molecule has 1 aromatic heterocycles. The van der Waals surface area contributed by atoms with E-state index < -0.39 is 35.2 Å². The highest BCUT2D eigenvalue weighted by Crippen LogP contribution is 2.38. The molecule has 1 unspecified atom stereocenters. The van der Waals surface area contributed by atoms with Gasteiger partial charge < -0.3 is 15.5 Å². The molecule has 4 aliphatic rings. The molecule has 46 heavy (non-hydrogen) atoms. The number of fused-ring (bicyclic) bond motifs is 1.